The number of carbonyl (C=O) groups is 2. The van der Waals surface area contributed by atoms with Gasteiger partial charge in [0.1, 0.15) is 15.6 Å². The first-order chi connectivity index (χ1) is 10.7. The van der Waals surface area contributed by atoms with Crippen LogP contribution in [0.1, 0.15) is 31.3 Å². The Morgan fingerprint density at radius 1 is 1.35 bits per heavy atom. The molecule has 0 aliphatic rings. The maximum absolute atomic E-state index is 12.2. The van der Waals surface area contributed by atoms with Gasteiger partial charge in [0.25, 0.3) is 0 Å². The summed E-state index contributed by atoms with van der Waals surface area (Å²) < 4.78 is 5.26. The van der Waals surface area contributed by atoms with Crippen molar-refractivity contribution in [3.05, 3.63) is 30.2 Å². The highest BCUT2D eigenvalue weighted by atomic mass is 32.1. The lowest BCUT2D eigenvalue weighted by molar-refractivity contribution is 0.0590. The van der Waals surface area contributed by atoms with E-state index in [9.17, 15) is 14.7 Å². The highest BCUT2D eigenvalue weighted by Crippen LogP contribution is 2.34. The van der Waals surface area contributed by atoms with Crippen LogP contribution in [0.2, 0.25) is 0 Å². The molecular weight excluding hydrogens is 318 g/mol. The van der Waals surface area contributed by atoms with E-state index in [1.165, 1.54) is 7.05 Å². The molecule has 2 aromatic rings. The summed E-state index contributed by atoms with van der Waals surface area (Å²) >= 11 is 1.10. The molecule has 1 N–H and O–H groups in total. The maximum atomic E-state index is 12.2. The van der Waals surface area contributed by atoms with Crippen molar-refractivity contribution in [1.29, 1.82) is 0 Å². The molecule has 0 aliphatic carbocycles. The number of pyridine rings is 1. The number of carbonyl (C=O) groups excluding carboxylic acids is 1. The summed E-state index contributed by atoms with van der Waals surface area (Å²) in [6, 6.07) is 3.50. The molecule has 8 heteroatoms. The van der Waals surface area contributed by atoms with Gasteiger partial charge in [-0.05, 0) is 32.9 Å². The van der Waals surface area contributed by atoms with Gasteiger partial charge < -0.3 is 9.84 Å². The molecule has 0 radical (unpaired) electrons. The molecule has 0 saturated carbocycles. The number of amides is 1. The van der Waals surface area contributed by atoms with E-state index in [1.807, 2.05) is 0 Å². The summed E-state index contributed by atoms with van der Waals surface area (Å²) in [7, 11) is 1.46. The fourth-order valence-corrected chi connectivity index (χ4v) is 2.70. The number of aromatic nitrogens is 2. The zero-order valence-electron chi connectivity index (χ0n) is 13.2. The van der Waals surface area contributed by atoms with E-state index in [-0.39, 0.29) is 10.7 Å². The van der Waals surface area contributed by atoms with Gasteiger partial charge in [-0.1, -0.05) is 11.3 Å². The fraction of sp³-hybridized carbons (Fsp3) is 0.333. The number of thiazole rings is 1. The second kappa shape index (κ2) is 6.33. The van der Waals surface area contributed by atoms with E-state index in [1.54, 1.807) is 45.3 Å². The number of aromatic carboxylic acids is 1. The van der Waals surface area contributed by atoms with Crippen LogP contribution in [0.5, 0.6) is 0 Å². The molecule has 23 heavy (non-hydrogen) atoms. The smallest absolute Gasteiger partial charge is 0.415 e. The van der Waals surface area contributed by atoms with Crippen molar-refractivity contribution in [2.75, 3.05) is 11.9 Å². The minimum atomic E-state index is -1.21. The van der Waals surface area contributed by atoms with Crippen LogP contribution in [0, 0.1) is 0 Å². The Balaban J connectivity index is 2.39. The number of hydrogen-bond donors (Lipinski definition) is 1. The summed E-state index contributed by atoms with van der Waals surface area (Å²) in [5, 5.41) is 10.0. The Morgan fingerprint density at radius 3 is 2.57 bits per heavy atom. The average molecular weight is 335 g/mol. The molecule has 0 bridgehead atoms. The predicted molar refractivity (Wildman–Crippen MR) is 86.9 cm³/mol. The summed E-state index contributed by atoms with van der Waals surface area (Å²) in [6.45, 7) is 5.22. The Hall–Kier alpha value is -2.48. The largest absolute Gasteiger partial charge is 0.476 e. The van der Waals surface area contributed by atoms with Crippen molar-refractivity contribution in [3.8, 4) is 10.6 Å². The molecule has 0 unspecified atom stereocenters. The molecule has 122 valence electrons. The monoisotopic (exact) mass is 335 g/mol. The van der Waals surface area contributed by atoms with Crippen LogP contribution >= 0.6 is 11.3 Å². The molecule has 7 nitrogen and oxygen atoms in total. The van der Waals surface area contributed by atoms with Crippen molar-refractivity contribution in [1.82, 2.24) is 9.97 Å². The lowest BCUT2D eigenvalue weighted by Crippen LogP contribution is -2.34. The molecule has 0 saturated heterocycles. The van der Waals surface area contributed by atoms with E-state index in [0.717, 1.165) is 16.2 Å². The number of carboxylic acid groups (broad SMARTS) is 1. The van der Waals surface area contributed by atoms with Gasteiger partial charge in [-0.2, -0.15) is 0 Å². The number of rotatable bonds is 3. The van der Waals surface area contributed by atoms with Crippen LogP contribution in [-0.4, -0.2) is 39.8 Å². The van der Waals surface area contributed by atoms with E-state index in [0.29, 0.717) is 10.6 Å². The van der Waals surface area contributed by atoms with Gasteiger partial charge in [0, 0.05) is 25.0 Å². The topological polar surface area (TPSA) is 92.6 Å². The molecule has 2 heterocycles. The first-order valence-corrected chi connectivity index (χ1v) is 7.62. The minimum Gasteiger partial charge on any atom is -0.476 e. The van der Waals surface area contributed by atoms with Gasteiger partial charge in [0.15, 0.2) is 5.69 Å². The number of anilines is 1. The van der Waals surface area contributed by atoms with Gasteiger partial charge in [-0.3, -0.25) is 9.88 Å². The Labute approximate surface area is 137 Å². The van der Waals surface area contributed by atoms with Crippen molar-refractivity contribution in [2.45, 2.75) is 26.4 Å². The van der Waals surface area contributed by atoms with Crippen LogP contribution in [-0.2, 0) is 4.74 Å². The van der Waals surface area contributed by atoms with E-state index < -0.39 is 17.7 Å². The number of carboxylic acids is 1. The number of hydrogen-bond acceptors (Lipinski definition) is 6. The molecule has 0 aliphatic heterocycles. The van der Waals surface area contributed by atoms with Gasteiger partial charge >= 0.3 is 12.1 Å². The fourth-order valence-electron chi connectivity index (χ4n) is 1.70. The SMILES string of the molecule is CN(C(=O)OC(C)(C)C)c1sc(-c2cccnc2)nc1C(=O)O. The van der Waals surface area contributed by atoms with Crippen molar-refractivity contribution in [2.24, 2.45) is 0 Å². The summed E-state index contributed by atoms with van der Waals surface area (Å²) in [5.41, 5.74) is -0.183. The highest BCUT2D eigenvalue weighted by Gasteiger charge is 2.27. The molecule has 2 rings (SSSR count). The predicted octanol–water partition coefficient (Wildman–Crippen LogP) is 3.27. The van der Waals surface area contributed by atoms with E-state index >= 15 is 0 Å². The number of ether oxygens (including phenoxy) is 1. The van der Waals surface area contributed by atoms with Crippen molar-refractivity contribution in [3.63, 3.8) is 0 Å². The van der Waals surface area contributed by atoms with Crippen LogP contribution < -0.4 is 4.90 Å². The first kappa shape index (κ1) is 16.9. The Kier molecular flexibility index (Phi) is 4.65. The molecular formula is C15H17N3O4S. The van der Waals surface area contributed by atoms with Gasteiger partial charge in [-0.25, -0.2) is 14.6 Å². The quantitative estimate of drug-likeness (QED) is 0.925. The molecule has 0 atom stereocenters. The molecule has 0 spiro atoms. The number of nitrogens with zero attached hydrogens (tertiary/aromatic N) is 3. The third-order valence-electron chi connectivity index (χ3n) is 2.69. The average Bonchev–Trinajstić information content (AvgIpc) is 2.91. The van der Waals surface area contributed by atoms with Gasteiger partial charge in [-0.15, -0.1) is 0 Å². The molecule has 0 fully saturated rings. The Bertz CT molecular complexity index is 722. The molecule has 0 aromatic carbocycles. The van der Waals surface area contributed by atoms with Crippen LogP contribution in [0.15, 0.2) is 24.5 Å². The van der Waals surface area contributed by atoms with Crippen LogP contribution in [0.3, 0.4) is 0 Å². The minimum absolute atomic E-state index is 0.192. The zero-order valence-corrected chi connectivity index (χ0v) is 14.0. The standard InChI is InChI=1S/C15H17N3O4S/c1-15(2,3)22-14(21)18(4)12-10(13(19)20)17-11(23-12)9-6-5-7-16-8-9/h5-8H,1-4H3,(H,19,20). The summed E-state index contributed by atoms with van der Waals surface area (Å²) in [6.07, 6.45) is 2.56. The highest BCUT2D eigenvalue weighted by molar-refractivity contribution is 7.19. The molecule has 2 aromatic heterocycles. The summed E-state index contributed by atoms with van der Waals surface area (Å²) in [4.78, 5) is 32.8. The Morgan fingerprint density at radius 2 is 2.04 bits per heavy atom. The first-order valence-electron chi connectivity index (χ1n) is 6.80. The zero-order chi connectivity index (χ0) is 17.2. The van der Waals surface area contributed by atoms with E-state index in [2.05, 4.69) is 9.97 Å². The van der Waals surface area contributed by atoms with Crippen molar-refractivity contribution >= 4 is 28.4 Å². The third-order valence-corrected chi connectivity index (χ3v) is 3.87. The normalized spacial score (nSPS) is 11.1. The maximum Gasteiger partial charge on any atom is 0.415 e. The lowest BCUT2D eigenvalue weighted by atomic mass is 10.2. The van der Waals surface area contributed by atoms with Crippen molar-refractivity contribution < 1.29 is 19.4 Å². The lowest BCUT2D eigenvalue weighted by Gasteiger charge is -2.23. The van der Waals surface area contributed by atoms with Gasteiger partial charge in [0.2, 0.25) is 0 Å². The third kappa shape index (κ3) is 4.04. The van der Waals surface area contributed by atoms with Gasteiger partial charge in [0.05, 0.1) is 0 Å². The second-order valence-corrected chi connectivity index (χ2v) is 6.74. The van der Waals surface area contributed by atoms with Crippen LogP contribution in [0.4, 0.5) is 9.80 Å². The molecule has 1 amide bonds. The summed E-state index contributed by atoms with van der Waals surface area (Å²) in [5.74, 6) is -1.21. The van der Waals surface area contributed by atoms with E-state index in [4.69, 9.17) is 4.74 Å². The second-order valence-electron chi connectivity index (χ2n) is 5.76. The van der Waals surface area contributed by atoms with Crippen LogP contribution in [0.25, 0.3) is 10.6 Å².